The summed E-state index contributed by atoms with van der Waals surface area (Å²) in [6.07, 6.45) is 3.00. The van der Waals surface area contributed by atoms with Crippen molar-refractivity contribution in [1.29, 1.82) is 0 Å². The van der Waals surface area contributed by atoms with E-state index in [4.69, 9.17) is 0 Å². The lowest BCUT2D eigenvalue weighted by atomic mass is 9.87. The van der Waals surface area contributed by atoms with Crippen molar-refractivity contribution in [3.8, 4) is 0 Å². The van der Waals surface area contributed by atoms with Crippen molar-refractivity contribution in [2.24, 2.45) is 17.8 Å². The first-order valence-electron chi connectivity index (χ1n) is 5.84. The minimum absolute atomic E-state index is 0.892. The zero-order valence-electron chi connectivity index (χ0n) is 10.2. The van der Waals surface area contributed by atoms with Gasteiger partial charge in [-0.3, -0.25) is 0 Å². The van der Waals surface area contributed by atoms with E-state index in [0.29, 0.717) is 0 Å². The molecule has 1 fully saturated rings. The van der Waals surface area contributed by atoms with Gasteiger partial charge in [-0.05, 0) is 23.3 Å². The third-order valence-corrected chi connectivity index (χ3v) is 6.84. The van der Waals surface area contributed by atoms with E-state index in [9.17, 15) is 0 Å². The Morgan fingerprint density at radius 2 is 1.62 bits per heavy atom. The second-order valence-electron chi connectivity index (χ2n) is 6.35. The molecule has 0 aliphatic heterocycles. The average Bonchev–Trinajstić information content (AvgIpc) is 2.28. The number of hydrogen-bond donors (Lipinski definition) is 0. The van der Waals surface area contributed by atoms with Crippen LogP contribution >= 0.6 is 0 Å². The van der Waals surface area contributed by atoms with Gasteiger partial charge in [0.15, 0.2) is 0 Å². The van der Waals surface area contributed by atoms with Gasteiger partial charge in [-0.1, -0.05) is 53.3 Å². The minimum atomic E-state index is -0.892. The van der Waals surface area contributed by atoms with Crippen LogP contribution in [0.5, 0.6) is 0 Å². The second kappa shape index (κ2) is 3.76. The van der Waals surface area contributed by atoms with E-state index in [2.05, 4.69) is 40.4 Å². The molecular formula is C12H26Si. The fraction of sp³-hybridized carbons (Fsp3) is 1.00. The van der Waals surface area contributed by atoms with Crippen molar-refractivity contribution >= 4 is 8.07 Å². The molecule has 0 saturated heterocycles. The van der Waals surface area contributed by atoms with E-state index in [0.717, 1.165) is 23.3 Å². The molecule has 0 N–H and O–H groups in total. The van der Waals surface area contributed by atoms with E-state index in [1.54, 1.807) is 0 Å². The van der Waals surface area contributed by atoms with E-state index < -0.39 is 8.07 Å². The van der Waals surface area contributed by atoms with Gasteiger partial charge in [0.05, 0.1) is 0 Å². The van der Waals surface area contributed by atoms with Crippen molar-refractivity contribution in [2.75, 3.05) is 0 Å². The smallest absolute Gasteiger partial charge is 0.0476 e. The summed E-state index contributed by atoms with van der Waals surface area (Å²) in [7, 11) is -0.892. The third-order valence-electron chi connectivity index (χ3n) is 3.94. The molecule has 0 radical (unpaired) electrons. The molecule has 0 nitrogen and oxygen atoms in total. The molecule has 3 atom stereocenters. The third kappa shape index (κ3) is 2.37. The van der Waals surface area contributed by atoms with E-state index in [1.807, 2.05) is 0 Å². The van der Waals surface area contributed by atoms with E-state index in [-0.39, 0.29) is 0 Å². The molecule has 0 amide bonds. The molecule has 1 rings (SSSR count). The van der Waals surface area contributed by atoms with Crippen molar-refractivity contribution in [2.45, 2.75) is 58.8 Å². The van der Waals surface area contributed by atoms with Crippen LogP contribution in [0.25, 0.3) is 0 Å². The van der Waals surface area contributed by atoms with Crippen LogP contribution in [0, 0.1) is 17.8 Å². The van der Waals surface area contributed by atoms with Crippen LogP contribution in [0.1, 0.15) is 33.6 Å². The van der Waals surface area contributed by atoms with Crippen LogP contribution in [-0.4, -0.2) is 8.07 Å². The first kappa shape index (κ1) is 11.3. The Bertz CT molecular complexity index is 166. The lowest BCUT2D eigenvalue weighted by Crippen LogP contribution is -2.33. The van der Waals surface area contributed by atoms with Crippen LogP contribution in [0.4, 0.5) is 0 Å². The highest BCUT2D eigenvalue weighted by Gasteiger charge is 2.41. The summed E-state index contributed by atoms with van der Waals surface area (Å²) in [6, 6.07) is 0. The fourth-order valence-electron chi connectivity index (χ4n) is 3.36. The Kier molecular flexibility index (Phi) is 3.27. The molecule has 0 spiro atoms. The molecule has 1 saturated carbocycles. The summed E-state index contributed by atoms with van der Waals surface area (Å²) in [4.78, 5) is 0. The molecule has 1 aliphatic carbocycles. The van der Waals surface area contributed by atoms with Gasteiger partial charge in [0, 0.05) is 8.07 Å². The quantitative estimate of drug-likeness (QED) is 0.577. The van der Waals surface area contributed by atoms with Gasteiger partial charge in [-0.15, -0.1) is 0 Å². The van der Waals surface area contributed by atoms with E-state index in [1.165, 1.54) is 12.8 Å². The normalized spacial score (nSPS) is 35.8. The Hall–Kier alpha value is 0.217. The SMILES string of the molecule is CC(C)C1C(C)CCC1[Si](C)(C)C. The molecule has 78 valence electrons. The fourth-order valence-corrected chi connectivity index (χ4v) is 6.26. The van der Waals surface area contributed by atoms with E-state index >= 15 is 0 Å². The standard InChI is InChI=1S/C12H26Si/c1-9(2)12-10(3)7-8-11(12)13(4,5)6/h9-12H,7-8H2,1-6H3. The molecule has 3 unspecified atom stereocenters. The van der Waals surface area contributed by atoms with Crippen LogP contribution in [0.3, 0.4) is 0 Å². The average molecular weight is 198 g/mol. The molecule has 1 aliphatic rings. The Morgan fingerprint density at radius 3 is 1.92 bits per heavy atom. The molecule has 13 heavy (non-hydrogen) atoms. The van der Waals surface area contributed by atoms with Crippen LogP contribution in [-0.2, 0) is 0 Å². The minimum Gasteiger partial charge on any atom is -0.0693 e. The van der Waals surface area contributed by atoms with Crippen molar-refractivity contribution in [3.63, 3.8) is 0 Å². The maximum Gasteiger partial charge on any atom is 0.0476 e. The molecule has 0 heterocycles. The first-order valence-corrected chi connectivity index (χ1v) is 9.41. The zero-order valence-corrected chi connectivity index (χ0v) is 11.2. The Balaban J connectivity index is 2.76. The predicted molar refractivity (Wildman–Crippen MR) is 63.8 cm³/mol. The van der Waals surface area contributed by atoms with Gasteiger partial charge in [0.1, 0.15) is 0 Å². The monoisotopic (exact) mass is 198 g/mol. The molecular weight excluding hydrogens is 172 g/mol. The maximum absolute atomic E-state index is 2.55. The predicted octanol–water partition coefficient (Wildman–Crippen LogP) is 4.40. The summed E-state index contributed by atoms with van der Waals surface area (Å²) >= 11 is 0. The maximum atomic E-state index is 2.55. The molecule has 1 heteroatoms. The highest BCUT2D eigenvalue weighted by Crippen LogP contribution is 2.49. The number of rotatable bonds is 2. The summed E-state index contributed by atoms with van der Waals surface area (Å²) in [5, 5.41) is 0. The summed E-state index contributed by atoms with van der Waals surface area (Å²) < 4.78 is 0. The Labute approximate surface area is 85.1 Å². The molecule has 0 bridgehead atoms. The lowest BCUT2D eigenvalue weighted by molar-refractivity contribution is 0.310. The van der Waals surface area contributed by atoms with Crippen LogP contribution in [0.2, 0.25) is 25.2 Å². The van der Waals surface area contributed by atoms with Crippen LogP contribution < -0.4 is 0 Å². The second-order valence-corrected chi connectivity index (χ2v) is 11.8. The zero-order chi connectivity index (χ0) is 10.2. The summed E-state index contributed by atoms with van der Waals surface area (Å²) in [5.74, 6) is 2.90. The first-order chi connectivity index (χ1) is 5.84. The van der Waals surface area contributed by atoms with Gasteiger partial charge in [-0.25, -0.2) is 0 Å². The number of hydrogen-bond acceptors (Lipinski definition) is 0. The lowest BCUT2D eigenvalue weighted by Gasteiger charge is -2.34. The van der Waals surface area contributed by atoms with Crippen molar-refractivity contribution in [3.05, 3.63) is 0 Å². The van der Waals surface area contributed by atoms with Gasteiger partial charge < -0.3 is 0 Å². The van der Waals surface area contributed by atoms with Gasteiger partial charge in [-0.2, -0.15) is 0 Å². The molecule has 0 aromatic rings. The van der Waals surface area contributed by atoms with Gasteiger partial charge in [0.25, 0.3) is 0 Å². The van der Waals surface area contributed by atoms with Crippen molar-refractivity contribution in [1.82, 2.24) is 0 Å². The molecule has 0 aromatic heterocycles. The topological polar surface area (TPSA) is 0 Å². The van der Waals surface area contributed by atoms with Crippen molar-refractivity contribution < 1.29 is 0 Å². The largest absolute Gasteiger partial charge is 0.0693 e. The van der Waals surface area contributed by atoms with Gasteiger partial charge in [0.2, 0.25) is 0 Å². The molecule has 0 aromatic carbocycles. The van der Waals surface area contributed by atoms with Gasteiger partial charge >= 0.3 is 0 Å². The highest BCUT2D eigenvalue weighted by atomic mass is 28.3. The summed E-state index contributed by atoms with van der Waals surface area (Å²) in [5.41, 5.74) is 1.09. The Morgan fingerprint density at radius 1 is 1.08 bits per heavy atom. The summed E-state index contributed by atoms with van der Waals surface area (Å²) in [6.45, 7) is 14.9. The van der Waals surface area contributed by atoms with Crippen LogP contribution in [0.15, 0.2) is 0 Å². The highest BCUT2D eigenvalue weighted by molar-refractivity contribution is 6.77.